The second kappa shape index (κ2) is 11.9. The van der Waals surface area contributed by atoms with Gasteiger partial charge < -0.3 is 15.4 Å². The molecule has 1 fully saturated rings. The van der Waals surface area contributed by atoms with Gasteiger partial charge in [0.05, 0.1) is 11.5 Å². The highest BCUT2D eigenvalue weighted by Crippen LogP contribution is 2.42. The molecule has 160 valence electrons. The molecular weight excluding hydrogens is 491 g/mol. The van der Waals surface area contributed by atoms with Crippen molar-refractivity contribution in [3.05, 3.63) is 29.8 Å². The summed E-state index contributed by atoms with van der Waals surface area (Å²) in [5.41, 5.74) is 1.41. The molecular formula is C19H33IN4O3S. The van der Waals surface area contributed by atoms with E-state index in [4.69, 9.17) is 4.74 Å². The van der Waals surface area contributed by atoms with Crippen LogP contribution in [0.3, 0.4) is 0 Å². The van der Waals surface area contributed by atoms with Crippen molar-refractivity contribution >= 4 is 40.0 Å². The van der Waals surface area contributed by atoms with E-state index in [2.05, 4.69) is 27.3 Å². The van der Waals surface area contributed by atoms with E-state index in [1.807, 2.05) is 12.1 Å². The predicted molar refractivity (Wildman–Crippen MR) is 124 cm³/mol. The summed E-state index contributed by atoms with van der Waals surface area (Å²) in [6.07, 6.45) is 5.06. The van der Waals surface area contributed by atoms with Crippen molar-refractivity contribution in [1.29, 1.82) is 0 Å². The maximum absolute atomic E-state index is 12.2. The molecule has 9 heteroatoms. The number of methoxy groups -OCH3 is 1. The number of sulfonamides is 1. The minimum atomic E-state index is -3.50. The van der Waals surface area contributed by atoms with Gasteiger partial charge in [-0.2, -0.15) is 0 Å². The number of aliphatic imine (C=N–C) groups is 1. The lowest BCUT2D eigenvalue weighted by atomic mass is 9.67. The maximum atomic E-state index is 12.2. The van der Waals surface area contributed by atoms with Crippen molar-refractivity contribution < 1.29 is 13.2 Å². The van der Waals surface area contributed by atoms with Crippen LogP contribution in [-0.2, 0) is 21.3 Å². The van der Waals surface area contributed by atoms with Crippen molar-refractivity contribution in [2.24, 2.45) is 10.4 Å². The molecule has 1 aliphatic rings. The van der Waals surface area contributed by atoms with Gasteiger partial charge >= 0.3 is 0 Å². The van der Waals surface area contributed by atoms with Crippen molar-refractivity contribution in [1.82, 2.24) is 15.4 Å². The summed E-state index contributed by atoms with van der Waals surface area (Å²) in [7, 11) is -0.201. The van der Waals surface area contributed by atoms with Gasteiger partial charge in [0.1, 0.15) is 0 Å². The topological polar surface area (TPSA) is 91.8 Å². The fraction of sp³-hybridized carbons (Fsp3) is 0.632. The first kappa shape index (κ1) is 25.1. The molecule has 0 amide bonds. The Balaban J connectivity index is 0.00000392. The molecule has 1 aromatic rings. The van der Waals surface area contributed by atoms with E-state index in [9.17, 15) is 8.42 Å². The lowest BCUT2D eigenvalue weighted by molar-refractivity contribution is 0.131. The van der Waals surface area contributed by atoms with E-state index in [1.165, 1.54) is 32.8 Å². The molecule has 0 unspecified atom stereocenters. The number of guanidine groups is 1. The molecule has 0 heterocycles. The Kier molecular flexibility index (Phi) is 10.7. The van der Waals surface area contributed by atoms with Crippen LogP contribution in [0, 0.1) is 5.41 Å². The lowest BCUT2D eigenvalue weighted by Crippen LogP contribution is -2.46. The molecule has 7 nitrogen and oxygen atoms in total. The first-order valence-electron chi connectivity index (χ1n) is 9.47. The Morgan fingerprint density at radius 3 is 2.39 bits per heavy atom. The average molecular weight is 524 g/mol. The summed E-state index contributed by atoms with van der Waals surface area (Å²) in [5, 5.41) is 6.71. The zero-order valence-corrected chi connectivity index (χ0v) is 20.1. The minimum absolute atomic E-state index is 0. The summed E-state index contributed by atoms with van der Waals surface area (Å²) in [5.74, 6) is 0.771. The Hall–Kier alpha value is -0.910. The van der Waals surface area contributed by atoms with Gasteiger partial charge in [-0.25, -0.2) is 13.1 Å². The third kappa shape index (κ3) is 7.16. The van der Waals surface area contributed by atoms with Crippen LogP contribution in [0.25, 0.3) is 0 Å². The van der Waals surface area contributed by atoms with Gasteiger partial charge in [0.25, 0.3) is 0 Å². The highest BCUT2D eigenvalue weighted by atomic mass is 127. The molecule has 0 aromatic heterocycles. The van der Waals surface area contributed by atoms with Crippen molar-refractivity contribution in [2.75, 3.05) is 33.9 Å². The van der Waals surface area contributed by atoms with Gasteiger partial charge in [-0.3, -0.25) is 4.99 Å². The summed E-state index contributed by atoms with van der Waals surface area (Å²) in [4.78, 5) is 4.52. The van der Waals surface area contributed by atoms with Gasteiger partial charge in [0.2, 0.25) is 10.0 Å². The zero-order chi connectivity index (χ0) is 19.8. The Bertz CT molecular complexity index is 714. The smallest absolute Gasteiger partial charge is 0.240 e. The number of hydrogen-bond acceptors (Lipinski definition) is 4. The number of hydrogen-bond donors (Lipinski definition) is 3. The normalized spacial score (nSPS) is 16.0. The van der Waals surface area contributed by atoms with E-state index < -0.39 is 10.0 Å². The van der Waals surface area contributed by atoms with Crippen LogP contribution in [0.1, 0.15) is 38.2 Å². The van der Waals surface area contributed by atoms with Crippen molar-refractivity contribution in [3.8, 4) is 0 Å². The first-order chi connectivity index (χ1) is 12.9. The second-order valence-electron chi connectivity index (χ2n) is 7.02. The molecule has 2 rings (SSSR count). The second-order valence-corrected chi connectivity index (χ2v) is 8.79. The summed E-state index contributed by atoms with van der Waals surface area (Å²) >= 11 is 0. The highest BCUT2D eigenvalue weighted by Gasteiger charge is 2.34. The summed E-state index contributed by atoms with van der Waals surface area (Å²) in [6, 6.07) is 6.85. The van der Waals surface area contributed by atoms with Crippen LogP contribution in [0.15, 0.2) is 34.2 Å². The fourth-order valence-electron chi connectivity index (χ4n) is 3.16. The number of halogens is 1. The number of rotatable bonds is 10. The molecule has 0 atom stereocenters. The molecule has 1 saturated carbocycles. The van der Waals surface area contributed by atoms with Gasteiger partial charge in [-0.1, -0.05) is 25.5 Å². The number of nitrogens with one attached hydrogen (secondary N) is 3. The largest absolute Gasteiger partial charge is 0.383 e. The molecule has 0 radical (unpaired) electrons. The molecule has 0 saturated heterocycles. The monoisotopic (exact) mass is 524 g/mol. The SMILES string of the molecule is CCC1(CNC(=NC)NCc2ccc(S(=O)(=O)NCCOC)cc2)CCC1.I. The van der Waals surface area contributed by atoms with Crippen LogP contribution in [0.2, 0.25) is 0 Å². The number of ether oxygens (including phenoxy) is 1. The van der Waals surface area contributed by atoms with Crippen LogP contribution in [-0.4, -0.2) is 48.2 Å². The van der Waals surface area contributed by atoms with Crippen molar-refractivity contribution in [3.63, 3.8) is 0 Å². The van der Waals surface area contributed by atoms with E-state index in [-0.39, 0.29) is 35.4 Å². The molecule has 1 aliphatic carbocycles. The van der Waals surface area contributed by atoms with Gasteiger partial charge in [0, 0.05) is 33.8 Å². The molecule has 0 bridgehead atoms. The van der Waals surface area contributed by atoms with Crippen LogP contribution < -0.4 is 15.4 Å². The highest BCUT2D eigenvalue weighted by molar-refractivity contribution is 14.0. The Morgan fingerprint density at radius 1 is 1.21 bits per heavy atom. The predicted octanol–water partition coefficient (Wildman–Crippen LogP) is 2.47. The number of benzene rings is 1. The third-order valence-corrected chi connectivity index (χ3v) is 6.79. The summed E-state index contributed by atoms with van der Waals surface area (Å²) in [6.45, 7) is 4.36. The molecule has 28 heavy (non-hydrogen) atoms. The molecule has 0 spiro atoms. The van der Waals surface area contributed by atoms with E-state index in [0.29, 0.717) is 18.6 Å². The lowest BCUT2D eigenvalue weighted by Gasteiger charge is -2.41. The maximum Gasteiger partial charge on any atom is 0.240 e. The molecule has 1 aromatic carbocycles. The average Bonchev–Trinajstić information content (AvgIpc) is 2.64. The fourth-order valence-corrected chi connectivity index (χ4v) is 4.17. The van der Waals surface area contributed by atoms with E-state index >= 15 is 0 Å². The number of nitrogens with zero attached hydrogens (tertiary/aromatic N) is 1. The Labute approximate surface area is 186 Å². The zero-order valence-electron chi connectivity index (χ0n) is 17.0. The van der Waals surface area contributed by atoms with Crippen LogP contribution in [0.4, 0.5) is 0 Å². The van der Waals surface area contributed by atoms with Gasteiger partial charge in [-0.05, 0) is 42.4 Å². The van der Waals surface area contributed by atoms with E-state index in [0.717, 1.165) is 18.1 Å². The first-order valence-corrected chi connectivity index (χ1v) is 10.9. The third-order valence-electron chi connectivity index (χ3n) is 5.31. The molecule has 0 aliphatic heterocycles. The van der Waals surface area contributed by atoms with Crippen LogP contribution >= 0.6 is 24.0 Å². The Morgan fingerprint density at radius 2 is 1.89 bits per heavy atom. The summed E-state index contributed by atoms with van der Waals surface area (Å²) < 4.78 is 31.7. The van der Waals surface area contributed by atoms with E-state index in [1.54, 1.807) is 19.2 Å². The van der Waals surface area contributed by atoms with Gasteiger partial charge in [-0.15, -0.1) is 24.0 Å². The standard InChI is InChI=1S/C19H32N4O3S.HI/c1-4-19(10-5-11-19)15-22-18(20-2)21-14-16-6-8-17(9-7-16)27(24,25)23-12-13-26-3;/h6-9,23H,4-5,10-15H2,1-3H3,(H2,20,21,22);1H. The quantitative estimate of drug-likeness (QED) is 0.189. The molecule has 3 N–H and O–H groups in total. The van der Waals surface area contributed by atoms with Crippen molar-refractivity contribution in [2.45, 2.75) is 44.0 Å². The van der Waals surface area contributed by atoms with Gasteiger partial charge in [0.15, 0.2) is 5.96 Å². The minimum Gasteiger partial charge on any atom is -0.383 e. The van der Waals surface area contributed by atoms with Crippen LogP contribution in [0.5, 0.6) is 0 Å².